The highest BCUT2D eigenvalue weighted by Gasteiger charge is 2.26. The zero-order valence-corrected chi connectivity index (χ0v) is 20.5. The van der Waals surface area contributed by atoms with Crippen LogP contribution < -0.4 is 14.2 Å². The Bertz CT molecular complexity index is 1210. The third-order valence-corrected chi connectivity index (χ3v) is 6.10. The SMILES string of the molecule is COc1ccc(C(=O)N2CCN(C(=O)c3cccc(OCc4cccc(Cl)c4)c3)CC2)cc1OC. The highest BCUT2D eigenvalue weighted by molar-refractivity contribution is 6.30. The Kier molecular flexibility index (Phi) is 7.77. The molecular formula is C27H27ClN2O5. The second-order valence-corrected chi connectivity index (χ2v) is 8.54. The average Bonchev–Trinajstić information content (AvgIpc) is 2.91. The molecule has 1 saturated heterocycles. The molecule has 7 nitrogen and oxygen atoms in total. The van der Waals surface area contributed by atoms with Gasteiger partial charge in [-0.1, -0.05) is 29.8 Å². The number of nitrogens with zero attached hydrogens (tertiary/aromatic N) is 2. The van der Waals surface area contributed by atoms with Crippen molar-refractivity contribution >= 4 is 23.4 Å². The van der Waals surface area contributed by atoms with Crippen LogP contribution >= 0.6 is 11.6 Å². The van der Waals surface area contributed by atoms with Gasteiger partial charge in [0.05, 0.1) is 14.2 Å². The van der Waals surface area contributed by atoms with Crippen LogP contribution in [0.25, 0.3) is 0 Å². The second-order valence-electron chi connectivity index (χ2n) is 8.10. The van der Waals surface area contributed by atoms with E-state index in [0.29, 0.717) is 66.2 Å². The summed E-state index contributed by atoms with van der Waals surface area (Å²) < 4.78 is 16.4. The summed E-state index contributed by atoms with van der Waals surface area (Å²) in [7, 11) is 3.09. The maximum atomic E-state index is 13.1. The first-order valence-corrected chi connectivity index (χ1v) is 11.6. The van der Waals surface area contributed by atoms with Gasteiger partial charge in [0.25, 0.3) is 11.8 Å². The lowest BCUT2D eigenvalue weighted by molar-refractivity contribution is 0.0535. The fraction of sp³-hybridized carbons (Fsp3) is 0.259. The van der Waals surface area contributed by atoms with Crippen molar-refractivity contribution in [3.8, 4) is 17.2 Å². The molecule has 3 aromatic carbocycles. The van der Waals surface area contributed by atoms with Crippen LogP contribution in [-0.2, 0) is 6.61 Å². The van der Waals surface area contributed by atoms with E-state index in [9.17, 15) is 9.59 Å². The van der Waals surface area contributed by atoms with E-state index in [1.807, 2.05) is 30.3 Å². The highest BCUT2D eigenvalue weighted by Crippen LogP contribution is 2.28. The Morgan fingerprint density at radius 3 is 2.03 bits per heavy atom. The number of ether oxygens (including phenoxy) is 3. The molecule has 0 unspecified atom stereocenters. The molecule has 182 valence electrons. The van der Waals surface area contributed by atoms with E-state index in [1.165, 1.54) is 7.11 Å². The lowest BCUT2D eigenvalue weighted by Crippen LogP contribution is -2.50. The molecule has 0 bridgehead atoms. The van der Waals surface area contributed by atoms with Crippen molar-refractivity contribution < 1.29 is 23.8 Å². The molecule has 3 aromatic rings. The van der Waals surface area contributed by atoms with Gasteiger partial charge in [0, 0.05) is 42.3 Å². The molecule has 1 aliphatic heterocycles. The van der Waals surface area contributed by atoms with Crippen LogP contribution in [0.2, 0.25) is 5.02 Å². The molecule has 4 rings (SSSR count). The molecule has 35 heavy (non-hydrogen) atoms. The lowest BCUT2D eigenvalue weighted by Gasteiger charge is -2.35. The van der Waals surface area contributed by atoms with Crippen molar-refractivity contribution in [3.63, 3.8) is 0 Å². The standard InChI is InChI=1S/C27H27ClN2O5/c1-33-24-10-9-21(17-25(24)34-2)27(32)30-13-11-29(12-14-30)26(31)20-6-4-8-23(16-20)35-18-19-5-3-7-22(28)15-19/h3-10,15-17H,11-14,18H2,1-2H3. The van der Waals surface area contributed by atoms with Crippen molar-refractivity contribution in [2.24, 2.45) is 0 Å². The van der Waals surface area contributed by atoms with Crippen LogP contribution in [-0.4, -0.2) is 62.0 Å². The fourth-order valence-corrected chi connectivity index (χ4v) is 4.17. The number of methoxy groups -OCH3 is 2. The number of piperazine rings is 1. The highest BCUT2D eigenvalue weighted by atomic mass is 35.5. The number of carbonyl (C=O) groups excluding carboxylic acids is 2. The Labute approximate surface area is 209 Å². The molecule has 0 aromatic heterocycles. The van der Waals surface area contributed by atoms with Gasteiger partial charge in [-0.05, 0) is 54.1 Å². The van der Waals surface area contributed by atoms with Crippen LogP contribution in [0.4, 0.5) is 0 Å². The zero-order valence-electron chi connectivity index (χ0n) is 19.7. The number of amides is 2. The number of benzene rings is 3. The molecule has 0 radical (unpaired) electrons. The Hall–Kier alpha value is -3.71. The van der Waals surface area contributed by atoms with E-state index >= 15 is 0 Å². The molecule has 8 heteroatoms. The van der Waals surface area contributed by atoms with Gasteiger partial charge in [-0.15, -0.1) is 0 Å². The largest absolute Gasteiger partial charge is 0.493 e. The van der Waals surface area contributed by atoms with Crippen molar-refractivity contribution in [1.82, 2.24) is 9.80 Å². The average molecular weight is 495 g/mol. The van der Waals surface area contributed by atoms with Gasteiger partial charge in [0.15, 0.2) is 11.5 Å². The van der Waals surface area contributed by atoms with E-state index in [-0.39, 0.29) is 11.8 Å². The van der Waals surface area contributed by atoms with Gasteiger partial charge in [0.2, 0.25) is 0 Å². The number of halogens is 1. The third kappa shape index (κ3) is 5.87. The normalized spacial score (nSPS) is 13.3. The molecule has 0 N–H and O–H groups in total. The van der Waals surface area contributed by atoms with Gasteiger partial charge in [0.1, 0.15) is 12.4 Å². The summed E-state index contributed by atoms with van der Waals surface area (Å²) in [6.07, 6.45) is 0. The first-order valence-electron chi connectivity index (χ1n) is 11.3. The van der Waals surface area contributed by atoms with E-state index < -0.39 is 0 Å². The molecule has 0 aliphatic carbocycles. The summed E-state index contributed by atoms with van der Waals surface area (Å²) in [6.45, 7) is 2.15. The van der Waals surface area contributed by atoms with E-state index in [4.69, 9.17) is 25.8 Å². The third-order valence-electron chi connectivity index (χ3n) is 5.86. The Morgan fingerprint density at radius 1 is 0.771 bits per heavy atom. The number of hydrogen-bond donors (Lipinski definition) is 0. The fourth-order valence-electron chi connectivity index (χ4n) is 3.96. The number of hydrogen-bond acceptors (Lipinski definition) is 5. The predicted molar refractivity (Wildman–Crippen MR) is 134 cm³/mol. The van der Waals surface area contributed by atoms with Gasteiger partial charge < -0.3 is 24.0 Å². The summed E-state index contributed by atoms with van der Waals surface area (Å²) in [6, 6.07) is 19.7. The monoisotopic (exact) mass is 494 g/mol. The van der Waals surface area contributed by atoms with Crippen molar-refractivity contribution in [1.29, 1.82) is 0 Å². The maximum Gasteiger partial charge on any atom is 0.254 e. The minimum atomic E-state index is -0.102. The minimum Gasteiger partial charge on any atom is -0.493 e. The topological polar surface area (TPSA) is 68.3 Å². The summed E-state index contributed by atoms with van der Waals surface area (Å²) >= 11 is 6.03. The van der Waals surface area contributed by atoms with Crippen LogP contribution in [0.3, 0.4) is 0 Å². The van der Waals surface area contributed by atoms with Crippen LogP contribution in [0.5, 0.6) is 17.2 Å². The van der Waals surface area contributed by atoms with Gasteiger partial charge in [-0.2, -0.15) is 0 Å². The van der Waals surface area contributed by atoms with Gasteiger partial charge in [-0.3, -0.25) is 9.59 Å². The quantitative estimate of drug-likeness (QED) is 0.482. The maximum absolute atomic E-state index is 13.1. The van der Waals surface area contributed by atoms with Gasteiger partial charge in [-0.25, -0.2) is 0 Å². The Morgan fingerprint density at radius 2 is 1.40 bits per heavy atom. The van der Waals surface area contributed by atoms with E-state index in [0.717, 1.165) is 5.56 Å². The van der Waals surface area contributed by atoms with Crippen LogP contribution in [0, 0.1) is 0 Å². The molecule has 0 saturated carbocycles. The van der Waals surface area contributed by atoms with Crippen LogP contribution in [0.1, 0.15) is 26.3 Å². The number of rotatable bonds is 7. The van der Waals surface area contributed by atoms with Crippen LogP contribution in [0.15, 0.2) is 66.7 Å². The minimum absolute atomic E-state index is 0.0866. The molecule has 0 spiro atoms. The first-order chi connectivity index (χ1) is 17.0. The summed E-state index contributed by atoms with van der Waals surface area (Å²) in [4.78, 5) is 29.6. The number of carbonyl (C=O) groups is 2. The molecule has 2 amide bonds. The van der Waals surface area contributed by atoms with Crippen molar-refractivity contribution in [2.45, 2.75) is 6.61 Å². The first kappa shape index (κ1) is 24.4. The second kappa shape index (κ2) is 11.1. The molecular weight excluding hydrogens is 468 g/mol. The summed E-state index contributed by atoms with van der Waals surface area (Å²) in [5, 5.41) is 0.652. The summed E-state index contributed by atoms with van der Waals surface area (Å²) in [5.41, 5.74) is 2.02. The van der Waals surface area contributed by atoms with Crippen molar-refractivity contribution in [2.75, 3.05) is 40.4 Å². The van der Waals surface area contributed by atoms with E-state index in [1.54, 1.807) is 53.3 Å². The zero-order chi connectivity index (χ0) is 24.8. The summed E-state index contributed by atoms with van der Waals surface area (Å²) in [5.74, 6) is 1.49. The lowest BCUT2D eigenvalue weighted by atomic mass is 10.1. The predicted octanol–water partition coefficient (Wildman–Crippen LogP) is 4.53. The molecule has 1 fully saturated rings. The smallest absolute Gasteiger partial charge is 0.254 e. The molecule has 0 atom stereocenters. The Balaban J connectivity index is 1.35. The molecule has 1 aliphatic rings. The van der Waals surface area contributed by atoms with Gasteiger partial charge >= 0.3 is 0 Å². The van der Waals surface area contributed by atoms with Crippen molar-refractivity contribution in [3.05, 3.63) is 88.4 Å². The molecule has 1 heterocycles. The van der Waals surface area contributed by atoms with E-state index in [2.05, 4.69) is 0 Å².